The van der Waals surface area contributed by atoms with Crippen molar-refractivity contribution in [1.29, 1.82) is 0 Å². The molecule has 0 spiro atoms. The van der Waals surface area contributed by atoms with Crippen LogP contribution >= 0.6 is 0 Å². The molecule has 0 N–H and O–H groups in total. The molecule has 0 radical (unpaired) electrons. The standard InChI is InChI=1S/C19H20FN5O2/c1-24-11-9-13(23-24)12-17(26)25-10-5-4-8-16(25)19-22-21-18(27-19)14-6-2-3-7-15(14)20/h2-3,6-7,9,11,16H,4-5,8,10,12H2,1H3/t16-/m1/s1. The number of piperidine rings is 1. The van der Waals surface area contributed by atoms with Crippen molar-refractivity contribution in [3.8, 4) is 11.5 Å². The third kappa shape index (κ3) is 3.60. The van der Waals surface area contributed by atoms with E-state index in [2.05, 4.69) is 15.3 Å². The summed E-state index contributed by atoms with van der Waals surface area (Å²) in [6.45, 7) is 0.633. The largest absolute Gasteiger partial charge is 0.418 e. The number of halogens is 1. The summed E-state index contributed by atoms with van der Waals surface area (Å²) in [7, 11) is 1.82. The van der Waals surface area contributed by atoms with Crippen LogP contribution in [0, 0.1) is 5.82 Å². The topological polar surface area (TPSA) is 77.0 Å². The Hall–Kier alpha value is -3.03. The minimum absolute atomic E-state index is 0.0240. The van der Waals surface area contributed by atoms with Gasteiger partial charge in [0, 0.05) is 19.8 Å². The number of likely N-dealkylation sites (tertiary alicyclic amines) is 1. The molecule has 0 aliphatic carbocycles. The number of hydrogen-bond donors (Lipinski definition) is 0. The SMILES string of the molecule is Cn1ccc(CC(=O)N2CCCC[C@@H]2c2nnc(-c3ccccc3F)o2)n1. The maximum atomic E-state index is 14.0. The maximum absolute atomic E-state index is 14.0. The number of rotatable bonds is 4. The Morgan fingerprint density at radius 3 is 2.89 bits per heavy atom. The van der Waals surface area contributed by atoms with Gasteiger partial charge in [0.25, 0.3) is 5.89 Å². The molecular weight excluding hydrogens is 349 g/mol. The zero-order valence-corrected chi connectivity index (χ0v) is 15.0. The highest BCUT2D eigenvalue weighted by atomic mass is 19.1. The fourth-order valence-corrected chi connectivity index (χ4v) is 3.41. The molecule has 27 heavy (non-hydrogen) atoms. The Morgan fingerprint density at radius 2 is 2.11 bits per heavy atom. The van der Waals surface area contributed by atoms with Gasteiger partial charge in [-0.25, -0.2) is 4.39 Å². The highest BCUT2D eigenvalue weighted by Crippen LogP contribution is 2.32. The van der Waals surface area contributed by atoms with Crippen LogP contribution in [0.4, 0.5) is 4.39 Å². The van der Waals surface area contributed by atoms with Gasteiger partial charge in [-0.1, -0.05) is 12.1 Å². The van der Waals surface area contributed by atoms with E-state index in [0.29, 0.717) is 12.4 Å². The molecule has 1 fully saturated rings. The van der Waals surface area contributed by atoms with Crippen molar-refractivity contribution in [1.82, 2.24) is 24.9 Å². The molecule has 0 saturated carbocycles. The van der Waals surface area contributed by atoms with E-state index in [1.165, 1.54) is 6.07 Å². The van der Waals surface area contributed by atoms with Gasteiger partial charge in [-0.2, -0.15) is 5.10 Å². The molecule has 3 aromatic rings. The van der Waals surface area contributed by atoms with Crippen LogP contribution < -0.4 is 0 Å². The zero-order valence-electron chi connectivity index (χ0n) is 15.0. The lowest BCUT2D eigenvalue weighted by atomic mass is 10.0. The molecule has 4 rings (SSSR count). The highest BCUT2D eigenvalue weighted by molar-refractivity contribution is 5.78. The van der Waals surface area contributed by atoms with E-state index >= 15 is 0 Å². The molecule has 1 aromatic carbocycles. The van der Waals surface area contributed by atoms with Crippen LogP contribution in [0.5, 0.6) is 0 Å². The van der Waals surface area contributed by atoms with E-state index in [1.54, 1.807) is 27.8 Å². The van der Waals surface area contributed by atoms with Crippen molar-refractivity contribution in [2.45, 2.75) is 31.7 Å². The fraction of sp³-hybridized carbons (Fsp3) is 0.368. The molecule has 140 valence electrons. The highest BCUT2D eigenvalue weighted by Gasteiger charge is 2.32. The van der Waals surface area contributed by atoms with Crippen LogP contribution in [0.2, 0.25) is 0 Å². The molecular formula is C19H20FN5O2. The number of amides is 1. The van der Waals surface area contributed by atoms with E-state index in [9.17, 15) is 9.18 Å². The number of aromatic nitrogens is 4. The van der Waals surface area contributed by atoms with Gasteiger partial charge < -0.3 is 9.32 Å². The second-order valence-electron chi connectivity index (χ2n) is 6.68. The Bertz CT molecular complexity index is 951. The molecule has 1 aliphatic heterocycles. The van der Waals surface area contributed by atoms with Crippen LogP contribution in [0.1, 0.15) is 36.9 Å². The summed E-state index contributed by atoms with van der Waals surface area (Å²) in [4.78, 5) is 14.6. The van der Waals surface area contributed by atoms with Gasteiger partial charge >= 0.3 is 0 Å². The first-order valence-corrected chi connectivity index (χ1v) is 8.98. The van der Waals surface area contributed by atoms with Gasteiger partial charge in [-0.3, -0.25) is 9.48 Å². The maximum Gasteiger partial charge on any atom is 0.250 e. The van der Waals surface area contributed by atoms with E-state index in [-0.39, 0.29) is 29.8 Å². The minimum Gasteiger partial charge on any atom is -0.418 e. The quantitative estimate of drug-likeness (QED) is 0.707. The van der Waals surface area contributed by atoms with E-state index < -0.39 is 5.82 Å². The predicted molar refractivity (Wildman–Crippen MR) is 94.9 cm³/mol. The van der Waals surface area contributed by atoms with Crippen molar-refractivity contribution < 1.29 is 13.6 Å². The second kappa shape index (κ2) is 7.30. The number of nitrogens with zero attached hydrogens (tertiary/aromatic N) is 5. The summed E-state index contributed by atoms with van der Waals surface area (Å²) in [6.07, 6.45) is 4.68. The molecule has 1 saturated heterocycles. The molecule has 1 atom stereocenters. The number of hydrogen-bond acceptors (Lipinski definition) is 5. The average molecular weight is 369 g/mol. The van der Waals surface area contributed by atoms with Crippen LogP contribution in [-0.4, -0.2) is 37.3 Å². The summed E-state index contributed by atoms with van der Waals surface area (Å²) in [6, 6.07) is 7.81. The van der Waals surface area contributed by atoms with Crippen molar-refractivity contribution in [2.24, 2.45) is 7.05 Å². The van der Waals surface area contributed by atoms with Crippen LogP contribution in [-0.2, 0) is 18.3 Å². The van der Waals surface area contributed by atoms with E-state index in [0.717, 1.165) is 25.0 Å². The average Bonchev–Trinajstić information content (AvgIpc) is 3.31. The van der Waals surface area contributed by atoms with Crippen LogP contribution in [0.25, 0.3) is 11.5 Å². The smallest absolute Gasteiger partial charge is 0.250 e. The normalized spacial score (nSPS) is 17.3. The summed E-state index contributed by atoms with van der Waals surface area (Å²) in [5, 5.41) is 12.4. The third-order valence-corrected chi connectivity index (χ3v) is 4.75. The van der Waals surface area contributed by atoms with Crippen LogP contribution in [0.3, 0.4) is 0 Å². The van der Waals surface area contributed by atoms with Gasteiger partial charge in [-0.15, -0.1) is 10.2 Å². The molecule has 3 heterocycles. The molecule has 8 heteroatoms. The van der Waals surface area contributed by atoms with Crippen molar-refractivity contribution in [3.63, 3.8) is 0 Å². The zero-order chi connectivity index (χ0) is 18.8. The fourth-order valence-electron chi connectivity index (χ4n) is 3.41. The van der Waals surface area contributed by atoms with Gasteiger partial charge in [0.2, 0.25) is 11.8 Å². The first kappa shape index (κ1) is 17.4. The molecule has 0 bridgehead atoms. The Morgan fingerprint density at radius 1 is 1.26 bits per heavy atom. The molecule has 1 aliphatic rings. The minimum atomic E-state index is -0.417. The van der Waals surface area contributed by atoms with Crippen molar-refractivity contribution >= 4 is 5.91 Å². The van der Waals surface area contributed by atoms with Crippen LogP contribution in [0.15, 0.2) is 40.9 Å². The van der Waals surface area contributed by atoms with E-state index in [1.807, 2.05) is 19.3 Å². The van der Waals surface area contributed by atoms with Crippen molar-refractivity contribution in [2.75, 3.05) is 6.54 Å². The Kier molecular flexibility index (Phi) is 4.70. The molecule has 2 aromatic heterocycles. The van der Waals surface area contributed by atoms with Gasteiger partial charge in [-0.05, 0) is 37.5 Å². The van der Waals surface area contributed by atoms with Gasteiger partial charge in [0.05, 0.1) is 17.7 Å². The lowest BCUT2D eigenvalue weighted by Crippen LogP contribution is -2.39. The lowest BCUT2D eigenvalue weighted by Gasteiger charge is -2.33. The number of carbonyl (C=O) groups excluding carboxylic acids is 1. The lowest BCUT2D eigenvalue weighted by molar-refractivity contribution is -0.135. The molecule has 1 amide bonds. The predicted octanol–water partition coefficient (Wildman–Crippen LogP) is 2.91. The van der Waals surface area contributed by atoms with Crippen molar-refractivity contribution in [3.05, 3.63) is 53.9 Å². The summed E-state index contributed by atoms with van der Waals surface area (Å²) in [5.41, 5.74) is 0.989. The first-order chi connectivity index (χ1) is 13.1. The van der Waals surface area contributed by atoms with E-state index in [4.69, 9.17) is 4.42 Å². The molecule has 7 nitrogen and oxygen atoms in total. The van der Waals surface area contributed by atoms with Gasteiger partial charge in [0.1, 0.15) is 11.9 Å². The second-order valence-corrected chi connectivity index (χ2v) is 6.68. The number of aryl methyl sites for hydroxylation is 1. The summed E-state index contributed by atoms with van der Waals surface area (Å²) >= 11 is 0. The first-order valence-electron chi connectivity index (χ1n) is 8.98. The van der Waals surface area contributed by atoms with Gasteiger partial charge in [0.15, 0.2) is 0 Å². The summed E-state index contributed by atoms with van der Waals surface area (Å²) < 4.78 is 21.4. The monoisotopic (exact) mass is 369 g/mol. The Balaban J connectivity index is 1.56. The molecule has 0 unspecified atom stereocenters. The Labute approximate surface area is 155 Å². The summed E-state index contributed by atoms with van der Waals surface area (Å²) in [5.74, 6) is 0.0385. The third-order valence-electron chi connectivity index (χ3n) is 4.75. The number of benzene rings is 1. The number of carbonyl (C=O) groups is 1.